The Morgan fingerprint density at radius 2 is 1.89 bits per heavy atom. The van der Waals surface area contributed by atoms with Crippen molar-refractivity contribution in [2.24, 2.45) is 0 Å². The lowest BCUT2D eigenvalue weighted by molar-refractivity contribution is 0.179. The van der Waals surface area contributed by atoms with Gasteiger partial charge in [0.2, 0.25) is 0 Å². The van der Waals surface area contributed by atoms with E-state index in [0.29, 0.717) is 12.0 Å². The predicted octanol–water partition coefficient (Wildman–Crippen LogP) is 4.71. The van der Waals surface area contributed by atoms with Gasteiger partial charge in [-0.2, -0.15) is 0 Å². The van der Waals surface area contributed by atoms with Crippen LogP contribution in [0.25, 0.3) is 11.0 Å². The van der Waals surface area contributed by atoms with Gasteiger partial charge in [0.15, 0.2) is 0 Å². The Kier molecular flexibility index (Phi) is 5.22. The van der Waals surface area contributed by atoms with E-state index in [1.165, 1.54) is 40.6 Å². The van der Waals surface area contributed by atoms with Gasteiger partial charge in [-0.3, -0.25) is 4.90 Å². The summed E-state index contributed by atoms with van der Waals surface area (Å²) in [5, 5.41) is 3.52. The molecule has 2 aliphatic rings. The number of hydrogen-bond acceptors (Lipinski definition) is 3. The molecular formula is C23H27BrN4. The lowest BCUT2D eigenvalue weighted by atomic mass is 10.0. The molecule has 0 amide bonds. The molecule has 1 N–H and O–H groups in total. The number of rotatable bonds is 4. The summed E-state index contributed by atoms with van der Waals surface area (Å²) in [6.07, 6.45) is 3.59. The number of hydrogen-bond donors (Lipinski definition) is 1. The third-order valence-electron chi connectivity index (χ3n) is 6.27. The normalized spacial score (nSPS) is 21.5. The molecular weight excluding hydrogens is 412 g/mol. The van der Waals surface area contributed by atoms with Crippen LogP contribution in [0.15, 0.2) is 53.0 Å². The van der Waals surface area contributed by atoms with Crippen molar-refractivity contribution in [3.8, 4) is 0 Å². The van der Waals surface area contributed by atoms with E-state index in [1.807, 2.05) is 0 Å². The minimum Gasteiger partial charge on any atom is -0.324 e. The maximum absolute atomic E-state index is 5.07. The average Bonchev–Trinajstić information content (AvgIpc) is 3.36. The van der Waals surface area contributed by atoms with Crippen LogP contribution in [0.4, 0.5) is 0 Å². The zero-order valence-corrected chi connectivity index (χ0v) is 17.7. The van der Waals surface area contributed by atoms with E-state index in [9.17, 15) is 0 Å². The second kappa shape index (κ2) is 7.97. The van der Waals surface area contributed by atoms with Crippen LogP contribution in [-0.2, 0) is 6.54 Å². The molecule has 0 unspecified atom stereocenters. The third kappa shape index (κ3) is 3.63. The lowest BCUT2D eigenvalue weighted by Crippen LogP contribution is -2.34. The molecule has 2 aliphatic heterocycles. The Morgan fingerprint density at radius 3 is 2.68 bits per heavy atom. The molecule has 5 heteroatoms. The Hall–Kier alpha value is -1.69. The Balaban J connectivity index is 1.36. The first kappa shape index (κ1) is 18.3. The van der Waals surface area contributed by atoms with Crippen molar-refractivity contribution in [3.63, 3.8) is 0 Å². The monoisotopic (exact) mass is 438 g/mol. The number of likely N-dealkylation sites (tertiary alicyclic amines) is 1. The van der Waals surface area contributed by atoms with Crippen LogP contribution in [0, 0.1) is 0 Å². The number of halogens is 1. The van der Waals surface area contributed by atoms with Gasteiger partial charge in [0.1, 0.15) is 5.82 Å². The number of aromatic nitrogens is 2. The molecule has 0 bridgehead atoms. The number of para-hydroxylation sites is 2. The second-order valence-electron chi connectivity index (χ2n) is 8.16. The van der Waals surface area contributed by atoms with E-state index in [-0.39, 0.29) is 0 Å². The SMILES string of the molecule is Brc1cccc(CN2CCC(n3c([C@@H]4CCNC4)nc4ccccc43)CC2)c1. The number of imidazole rings is 1. The Morgan fingerprint density at radius 1 is 1.04 bits per heavy atom. The van der Waals surface area contributed by atoms with Gasteiger partial charge >= 0.3 is 0 Å². The van der Waals surface area contributed by atoms with Gasteiger partial charge in [-0.05, 0) is 55.6 Å². The molecule has 5 rings (SSSR count). The molecule has 2 saturated heterocycles. The highest BCUT2D eigenvalue weighted by Crippen LogP contribution is 2.34. The van der Waals surface area contributed by atoms with Crippen LogP contribution < -0.4 is 5.32 Å². The topological polar surface area (TPSA) is 33.1 Å². The third-order valence-corrected chi connectivity index (χ3v) is 6.76. The number of nitrogens with one attached hydrogen (secondary N) is 1. The van der Waals surface area contributed by atoms with Crippen molar-refractivity contribution in [1.29, 1.82) is 0 Å². The second-order valence-corrected chi connectivity index (χ2v) is 9.07. The summed E-state index contributed by atoms with van der Waals surface area (Å²) in [6, 6.07) is 17.9. The van der Waals surface area contributed by atoms with Crippen LogP contribution in [0.5, 0.6) is 0 Å². The predicted molar refractivity (Wildman–Crippen MR) is 118 cm³/mol. The zero-order chi connectivity index (χ0) is 18.9. The van der Waals surface area contributed by atoms with Gasteiger partial charge in [-0.15, -0.1) is 0 Å². The fourth-order valence-corrected chi connectivity index (χ4v) is 5.29. The van der Waals surface area contributed by atoms with E-state index < -0.39 is 0 Å². The molecule has 2 aromatic carbocycles. The molecule has 146 valence electrons. The number of nitrogens with zero attached hydrogens (tertiary/aromatic N) is 3. The highest BCUT2D eigenvalue weighted by atomic mass is 79.9. The van der Waals surface area contributed by atoms with Gasteiger partial charge < -0.3 is 9.88 Å². The van der Waals surface area contributed by atoms with Crippen molar-refractivity contribution < 1.29 is 0 Å². The number of benzene rings is 2. The van der Waals surface area contributed by atoms with Crippen LogP contribution >= 0.6 is 15.9 Å². The molecule has 0 spiro atoms. The minimum atomic E-state index is 0.548. The van der Waals surface area contributed by atoms with Crippen molar-refractivity contribution >= 4 is 27.0 Å². The fourth-order valence-electron chi connectivity index (χ4n) is 4.84. The minimum absolute atomic E-state index is 0.548. The highest BCUT2D eigenvalue weighted by molar-refractivity contribution is 9.10. The molecule has 1 aromatic heterocycles. The number of piperidine rings is 1. The summed E-state index contributed by atoms with van der Waals surface area (Å²) >= 11 is 3.59. The van der Waals surface area contributed by atoms with E-state index in [1.54, 1.807) is 0 Å². The van der Waals surface area contributed by atoms with Gasteiger partial charge in [0.25, 0.3) is 0 Å². The van der Waals surface area contributed by atoms with Crippen molar-refractivity contribution in [3.05, 3.63) is 64.4 Å². The number of fused-ring (bicyclic) bond motifs is 1. The van der Waals surface area contributed by atoms with E-state index in [4.69, 9.17) is 4.98 Å². The van der Waals surface area contributed by atoms with Gasteiger partial charge in [-0.1, -0.05) is 40.2 Å². The van der Waals surface area contributed by atoms with Crippen molar-refractivity contribution in [2.45, 2.75) is 37.8 Å². The van der Waals surface area contributed by atoms with Crippen LogP contribution in [0.2, 0.25) is 0 Å². The summed E-state index contributed by atoms with van der Waals surface area (Å²) < 4.78 is 3.75. The Labute approximate surface area is 175 Å². The molecule has 0 radical (unpaired) electrons. The standard InChI is InChI=1S/C23H27BrN4/c24-19-5-3-4-17(14-19)16-27-12-9-20(10-13-27)28-22-7-2-1-6-21(22)26-23(28)18-8-11-25-15-18/h1-7,14,18,20,25H,8-13,15-16H2/t18-/m1/s1. The smallest absolute Gasteiger partial charge is 0.114 e. The first-order valence-electron chi connectivity index (χ1n) is 10.4. The Bertz CT molecular complexity index is 952. The van der Waals surface area contributed by atoms with Gasteiger partial charge in [-0.25, -0.2) is 4.98 Å². The van der Waals surface area contributed by atoms with Crippen LogP contribution in [0.1, 0.15) is 42.6 Å². The van der Waals surface area contributed by atoms with E-state index in [0.717, 1.165) is 38.2 Å². The average molecular weight is 439 g/mol. The van der Waals surface area contributed by atoms with Crippen molar-refractivity contribution in [1.82, 2.24) is 19.8 Å². The van der Waals surface area contributed by atoms with E-state index >= 15 is 0 Å². The first-order chi connectivity index (χ1) is 13.8. The molecule has 28 heavy (non-hydrogen) atoms. The van der Waals surface area contributed by atoms with Gasteiger partial charge in [0.05, 0.1) is 11.0 Å². The summed E-state index contributed by atoms with van der Waals surface area (Å²) in [5.41, 5.74) is 3.86. The molecule has 3 heterocycles. The molecule has 1 atom stereocenters. The lowest BCUT2D eigenvalue weighted by Gasteiger charge is -2.34. The molecule has 3 aromatic rings. The largest absolute Gasteiger partial charge is 0.324 e. The first-order valence-corrected chi connectivity index (χ1v) is 11.2. The summed E-state index contributed by atoms with van der Waals surface area (Å²) in [6.45, 7) is 5.50. The van der Waals surface area contributed by atoms with Crippen LogP contribution in [0.3, 0.4) is 0 Å². The van der Waals surface area contributed by atoms with Crippen molar-refractivity contribution in [2.75, 3.05) is 26.2 Å². The highest BCUT2D eigenvalue weighted by Gasteiger charge is 2.29. The zero-order valence-electron chi connectivity index (χ0n) is 16.1. The maximum atomic E-state index is 5.07. The summed E-state index contributed by atoms with van der Waals surface area (Å²) in [5.74, 6) is 1.85. The fraction of sp³-hybridized carbons (Fsp3) is 0.435. The molecule has 4 nitrogen and oxygen atoms in total. The van der Waals surface area contributed by atoms with E-state index in [2.05, 4.69) is 79.2 Å². The molecule has 0 saturated carbocycles. The summed E-state index contributed by atoms with van der Waals surface area (Å²) in [7, 11) is 0. The quantitative estimate of drug-likeness (QED) is 0.639. The van der Waals surface area contributed by atoms with Gasteiger partial charge in [0, 0.05) is 42.6 Å². The molecule has 0 aliphatic carbocycles. The van der Waals surface area contributed by atoms with Crippen LogP contribution in [-0.4, -0.2) is 40.6 Å². The molecule has 2 fully saturated rings. The summed E-state index contributed by atoms with van der Waals surface area (Å²) in [4.78, 5) is 7.66. The maximum Gasteiger partial charge on any atom is 0.114 e.